The van der Waals surface area contributed by atoms with Crippen molar-refractivity contribution in [2.75, 3.05) is 24.7 Å². The fourth-order valence-electron chi connectivity index (χ4n) is 2.38. The van der Waals surface area contributed by atoms with Crippen LogP contribution in [0.15, 0.2) is 24.3 Å². The van der Waals surface area contributed by atoms with Crippen molar-refractivity contribution >= 4 is 29.4 Å². The van der Waals surface area contributed by atoms with Gasteiger partial charge in [-0.1, -0.05) is 38.3 Å². The average molecular weight is 354 g/mol. The van der Waals surface area contributed by atoms with Crippen molar-refractivity contribution in [3.8, 4) is 5.75 Å². The van der Waals surface area contributed by atoms with Crippen LogP contribution in [0.3, 0.4) is 0 Å². The van der Waals surface area contributed by atoms with Crippen molar-refractivity contribution in [1.82, 2.24) is 5.32 Å². The van der Waals surface area contributed by atoms with E-state index in [1.165, 1.54) is 42.8 Å². The summed E-state index contributed by atoms with van der Waals surface area (Å²) in [6.07, 6.45) is 5.98. The summed E-state index contributed by atoms with van der Waals surface area (Å²) in [5.74, 6) is 3.22. The third-order valence-corrected chi connectivity index (χ3v) is 6.72. The Bertz CT molecular complexity index is 459. The van der Waals surface area contributed by atoms with E-state index in [1.54, 1.807) is 0 Å². The van der Waals surface area contributed by atoms with Gasteiger partial charge in [0.2, 0.25) is 0 Å². The molecule has 0 spiro atoms. The topological polar surface area (TPSA) is 38.3 Å². The molecular formula is C18H27NO2S2. The molecule has 3 nitrogen and oxygen atoms in total. The molecule has 128 valence electrons. The molecule has 0 aliphatic carbocycles. The molecule has 1 N–H and O–H groups in total. The van der Waals surface area contributed by atoms with E-state index < -0.39 is 0 Å². The van der Waals surface area contributed by atoms with E-state index in [4.69, 9.17) is 4.74 Å². The number of carbonyl (C=O) groups excluding carboxylic acids is 1. The molecule has 1 aliphatic rings. The maximum Gasteiger partial charge on any atom is 0.257 e. The number of unbranched alkanes of at least 4 members (excludes halogenated alkanes) is 3. The van der Waals surface area contributed by atoms with E-state index >= 15 is 0 Å². The quantitative estimate of drug-likeness (QED) is 0.657. The highest BCUT2D eigenvalue weighted by Crippen LogP contribution is 2.43. The number of hydrogen-bond donors (Lipinski definition) is 1. The van der Waals surface area contributed by atoms with Crippen LogP contribution < -0.4 is 10.1 Å². The van der Waals surface area contributed by atoms with E-state index in [2.05, 4.69) is 24.4 Å². The fourth-order valence-corrected chi connectivity index (χ4v) is 5.28. The molecule has 0 aromatic heterocycles. The van der Waals surface area contributed by atoms with Crippen LogP contribution in [0.4, 0.5) is 0 Å². The van der Waals surface area contributed by atoms with Gasteiger partial charge in [-0.2, -0.15) is 0 Å². The first kappa shape index (κ1) is 18.5. The Hall–Kier alpha value is -0.810. The number of benzene rings is 1. The van der Waals surface area contributed by atoms with Gasteiger partial charge in [0.1, 0.15) is 5.75 Å². The lowest BCUT2D eigenvalue weighted by Crippen LogP contribution is -2.29. The van der Waals surface area contributed by atoms with Crippen LogP contribution in [0, 0.1) is 0 Å². The number of thioether (sulfide) groups is 2. The Kier molecular flexibility index (Phi) is 8.76. The third-order valence-electron chi connectivity index (χ3n) is 3.70. The number of amides is 1. The molecule has 1 aromatic carbocycles. The molecule has 1 aliphatic heterocycles. The second-order valence-electron chi connectivity index (χ2n) is 5.70. The highest BCUT2D eigenvalue weighted by atomic mass is 32.2. The monoisotopic (exact) mass is 353 g/mol. The van der Waals surface area contributed by atoms with Crippen LogP contribution >= 0.6 is 23.5 Å². The van der Waals surface area contributed by atoms with Gasteiger partial charge in [-0.3, -0.25) is 4.79 Å². The van der Waals surface area contributed by atoms with E-state index in [0.29, 0.717) is 4.58 Å². The molecular weight excluding hydrogens is 326 g/mol. The van der Waals surface area contributed by atoms with E-state index in [0.717, 1.165) is 18.7 Å². The molecule has 23 heavy (non-hydrogen) atoms. The van der Waals surface area contributed by atoms with Gasteiger partial charge < -0.3 is 10.1 Å². The lowest BCUT2D eigenvalue weighted by atomic mass is 10.2. The summed E-state index contributed by atoms with van der Waals surface area (Å²) in [5.41, 5.74) is 1.34. The van der Waals surface area contributed by atoms with Crippen LogP contribution in [0.25, 0.3) is 0 Å². The predicted octanol–water partition coefficient (Wildman–Crippen LogP) is 4.63. The molecule has 2 rings (SSSR count). The van der Waals surface area contributed by atoms with Gasteiger partial charge in [-0.05, 0) is 42.0 Å². The molecule has 1 fully saturated rings. The first-order chi connectivity index (χ1) is 11.3. The maximum atomic E-state index is 11.7. The summed E-state index contributed by atoms with van der Waals surface area (Å²) in [6, 6.07) is 8.18. The molecule has 0 saturated carbocycles. The minimum atomic E-state index is -0.0380. The van der Waals surface area contributed by atoms with Gasteiger partial charge in [0.15, 0.2) is 6.61 Å². The standard InChI is InChI=1S/C18H27NO2S2/c1-2-3-4-5-11-19-17(20)14-21-16-9-7-15(8-10-16)18-22-12-6-13-23-18/h7-10,18H,2-6,11-14H2,1H3,(H,19,20). The molecule has 0 unspecified atom stereocenters. The van der Waals surface area contributed by atoms with Gasteiger partial charge in [0, 0.05) is 6.54 Å². The fraction of sp³-hybridized carbons (Fsp3) is 0.611. The Balaban J connectivity index is 1.66. The van der Waals surface area contributed by atoms with Crippen molar-refractivity contribution in [3.63, 3.8) is 0 Å². The van der Waals surface area contributed by atoms with Crippen LogP contribution in [-0.2, 0) is 4.79 Å². The molecule has 1 aromatic rings. The van der Waals surface area contributed by atoms with E-state index in [-0.39, 0.29) is 12.5 Å². The summed E-state index contributed by atoms with van der Waals surface area (Å²) in [6.45, 7) is 3.03. The summed E-state index contributed by atoms with van der Waals surface area (Å²) in [5, 5.41) is 2.90. The smallest absolute Gasteiger partial charge is 0.257 e. The summed E-state index contributed by atoms with van der Waals surface area (Å²) in [4.78, 5) is 11.7. The minimum Gasteiger partial charge on any atom is -0.484 e. The third kappa shape index (κ3) is 7.08. The van der Waals surface area contributed by atoms with Crippen LogP contribution in [-0.4, -0.2) is 30.6 Å². The van der Waals surface area contributed by atoms with E-state index in [1.807, 2.05) is 35.7 Å². The molecule has 1 heterocycles. The summed E-state index contributed by atoms with van der Waals surface area (Å²) < 4.78 is 6.11. The first-order valence-electron chi connectivity index (χ1n) is 8.52. The second-order valence-corrected chi connectivity index (χ2v) is 8.42. The van der Waals surface area contributed by atoms with Crippen molar-refractivity contribution in [1.29, 1.82) is 0 Å². The van der Waals surface area contributed by atoms with Gasteiger partial charge >= 0.3 is 0 Å². The zero-order valence-electron chi connectivity index (χ0n) is 13.9. The number of rotatable bonds is 9. The number of carbonyl (C=O) groups is 1. The van der Waals surface area contributed by atoms with Crippen LogP contribution in [0.2, 0.25) is 0 Å². The van der Waals surface area contributed by atoms with Crippen LogP contribution in [0.1, 0.15) is 49.2 Å². The zero-order valence-corrected chi connectivity index (χ0v) is 15.5. The normalized spacial score (nSPS) is 15.3. The lowest BCUT2D eigenvalue weighted by molar-refractivity contribution is -0.123. The van der Waals surface area contributed by atoms with Gasteiger partial charge in [-0.25, -0.2) is 0 Å². The van der Waals surface area contributed by atoms with Crippen LogP contribution in [0.5, 0.6) is 5.75 Å². The first-order valence-corrected chi connectivity index (χ1v) is 10.6. The lowest BCUT2D eigenvalue weighted by Gasteiger charge is -2.21. The SMILES string of the molecule is CCCCCCNC(=O)COc1ccc(C2SCCCS2)cc1. The zero-order chi connectivity index (χ0) is 16.3. The second kappa shape index (κ2) is 10.9. The Labute approximate surface area is 148 Å². The maximum absolute atomic E-state index is 11.7. The molecule has 5 heteroatoms. The van der Waals surface area contributed by atoms with Gasteiger partial charge in [0.25, 0.3) is 5.91 Å². The minimum absolute atomic E-state index is 0.0380. The molecule has 1 saturated heterocycles. The highest BCUT2D eigenvalue weighted by Gasteiger charge is 2.16. The molecule has 0 radical (unpaired) electrons. The highest BCUT2D eigenvalue weighted by molar-refractivity contribution is 8.16. The Morgan fingerprint density at radius 3 is 2.61 bits per heavy atom. The van der Waals surface area contributed by atoms with Crippen molar-refractivity contribution in [2.45, 2.75) is 43.6 Å². The van der Waals surface area contributed by atoms with Crippen molar-refractivity contribution in [2.24, 2.45) is 0 Å². The van der Waals surface area contributed by atoms with Crippen molar-refractivity contribution in [3.05, 3.63) is 29.8 Å². The number of nitrogens with one attached hydrogen (secondary N) is 1. The average Bonchev–Trinajstić information content (AvgIpc) is 2.61. The molecule has 0 atom stereocenters. The van der Waals surface area contributed by atoms with Gasteiger partial charge in [0.05, 0.1) is 4.58 Å². The summed E-state index contributed by atoms with van der Waals surface area (Å²) >= 11 is 4.03. The molecule has 1 amide bonds. The van der Waals surface area contributed by atoms with E-state index in [9.17, 15) is 4.79 Å². The number of ether oxygens (including phenoxy) is 1. The molecule has 0 bridgehead atoms. The summed E-state index contributed by atoms with van der Waals surface area (Å²) in [7, 11) is 0. The Morgan fingerprint density at radius 2 is 1.91 bits per heavy atom. The number of hydrogen-bond acceptors (Lipinski definition) is 4. The Morgan fingerprint density at radius 1 is 1.17 bits per heavy atom. The van der Waals surface area contributed by atoms with Crippen molar-refractivity contribution < 1.29 is 9.53 Å². The largest absolute Gasteiger partial charge is 0.484 e. The van der Waals surface area contributed by atoms with Gasteiger partial charge in [-0.15, -0.1) is 23.5 Å². The predicted molar refractivity (Wildman–Crippen MR) is 101 cm³/mol.